The van der Waals surface area contributed by atoms with Gasteiger partial charge in [0.1, 0.15) is 11.3 Å². The minimum atomic E-state index is -0.278. The highest BCUT2D eigenvalue weighted by Gasteiger charge is 2.10. The molecule has 1 heterocycles. The molecule has 0 aliphatic rings. The van der Waals surface area contributed by atoms with E-state index in [-0.39, 0.29) is 11.0 Å². The highest BCUT2D eigenvalue weighted by Crippen LogP contribution is 2.24. The zero-order chi connectivity index (χ0) is 23.0. The molecule has 33 heavy (non-hydrogen) atoms. The number of carbonyl (C=O) groups is 1. The number of benzene rings is 3. The maximum Gasteiger partial charge on any atom is 0.257 e. The molecule has 0 radical (unpaired) electrons. The van der Waals surface area contributed by atoms with Gasteiger partial charge in [-0.15, -0.1) is 0 Å². The maximum absolute atomic E-state index is 12.5. The minimum absolute atomic E-state index is 0.264. The van der Waals surface area contributed by atoms with Gasteiger partial charge in [0.15, 0.2) is 10.7 Å². The van der Waals surface area contributed by atoms with E-state index in [9.17, 15) is 4.79 Å². The van der Waals surface area contributed by atoms with Crippen LogP contribution in [0.5, 0.6) is 5.75 Å². The number of rotatable bonds is 8. The predicted molar refractivity (Wildman–Crippen MR) is 133 cm³/mol. The summed E-state index contributed by atoms with van der Waals surface area (Å²) in [5.41, 5.74) is 4.00. The van der Waals surface area contributed by atoms with Crippen molar-refractivity contribution in [3.63, 3.8) is 0 Å². The van der Waals surface area contributed by atoms with E-state index in [4.69, 9.17) is 21.4 Å². The van der Waals surface area contributed by atoms with Crippen molar-refractivity contribution in [2.75, 3.05) is 6.61 Å². The molecule has 0 aliphatic heterocycles. The predicted octanol–water partition coefficient (Wildman–Crippen LogP) is 5.48. The van der Waals surface area contributed by atoms with Gasteiger partial charge in [-0.1, -0.05) is 43.7 Å². The maximum atomic E-state index is 12.5. The molecule has 1 aromatic heterocycles. The van der Waals surface area contributed by atoms with Gasteiger partial charge in [-0.05, 0) is 66.7 Å². The number of oxazole rings is 1. The van der Waals surface area contributed by atoms with Crippen molar-refractivity contribution in [1.29, 1.82) is 0 Å². The molecule has 1 amide bonds. The van der Waals surface area contributed by atoms with Crippen LogP contribution in [0, 0.1) is 0 Å². The second kappa shape index (κ2) is 10.7. The Morgan fingerprint density at radius 2 is 1.88 bits per heavy atom. The molecule has 0 atom stereocenters. The third-order valence-electron chi connectivity index (χ3n) is 5.04. The van der Waals surface area contributed by atoms with Crippen LogP contribution in [0.3, 0.4) is 0 Å². The van der Waals surface area contributed by atoms with E-state index in [2.05, 4.69) is 22.5 Å². The summed E-state index contributed by atoms with van der Waals surface area (Å²) >= 11 is 5.29. The number of aromatic nitrogens is 1. The van der Waals surface area contributed by atoms with Gasteiger partial charge in [-0.25, -0.2) is 4.98 Å². The number of nitrogens with one attached hydrogen (secondary N) is 2. The quantitative estimate of drug-likeness (QED) is 0.268. The van der Waals surface area contributed by atoms with E-state index in [1.807, 2.05) is 54.6 Å². The summed E-state index contributed by atoms with van der Waals surface area (Å²) in [6, 6.07) is 22.6. The molecule has 0 aliphatic carbocycles. The lowest BCUT2D eigenvalue weighted by molar-refractivity contribution is 0.0976. The number of amides is 1. The molecule has 7 heteroatoms. The summed E-state index contributed by atoms with van der Waals surface area (Å²) in [7, 11) is 0. The topological polar surface area (TPSA) is 76.4 Å². The van der Waals surface area contributed by atoms with Crippen molar-refractivity contribution < 1.29 is 13.9 Å². The number of carbonyl (C=O) groups excluding carboxylic acids is 1. The van der Waals surface area contributed by atoms with Gasteiger partial charge in [0.25, 0.3) is 5.91 Å². The number of ether oxygens (including phenoxy) is 1. The molecule has 6 nitrogen and oxygen atoms in total. The molecule has 0 saturated carbocycles. The van der Waals surface area contributed by atoms with E-state index < -0.39 is 0 Å². The molecule has 168 valence electrons. The van der Waals surface area contributed by atoms with Crippen molar-refractivity contribution in [3.8, 4) is 17.2 Å². The van der Waals surface area contributed by atoms with Gasteiger partial charge in [0, 0.05) is 17.7 Å². The highest BCUT2D eigenvalue weighted by molar-refractivity contribution is 7.80. The average Bonchev–Trinajstić information content (AvgIpc) is 3.28. The zero-order valence-corrected chi connectivity index (χ0v) is 19.2. The second-order valence-corrected chi connectivity index (χ2v) is 7.96. The fraction of sp³-hybridized carbons (Fsp3) is 0.192. The number of hydrogen-bond donors (Lipinski definition) is 2. The molecule has 4 aromatic rings. The van der Waals surface area contributed by atoms with Gasteiger partial charge in [0.2, 0.25) is 5.89 Å². The van der Waals surface area contributed by atoms with Crippen LogP contribution in [-0.4, -0.2) is 22.6 Å². The van der Waals surface area contributed by atoms with Crippen LogP contribution in [0.1, 0.15) is 35.7 Å². The van der Waals surface area contributed by atoms with Gasteiger partial charge < -0.3 is 14.5 Å². The summed E-state index contributed by atoms with van der Waals surface area (Å²) in [5, 5.41) is 6.04. The van der Waals surface area contributed by atoms with Crippen molar-refractivity contribution in [2.24, 2.45) is 0 Å². The number of nitrogens with zero attached hydrogens (tertiary/aromatic N) is 1. The molecular weight excluding hydrogens is 434 g/mol. The van der Waals surface area contributed by atoms with E-state index in [0.717, 1.165) is 35.1 Å². The first kappa shape index (κ1) is 22.5. The van der Waals surface area contributed by atoms with Crippen molar-refractivity contribution in [1.82, 2.24) is 15.6 Å². The van der Waals surface area contributed by atoms with Crippen LogP contribution < -0.4 is 15.4 Å². The molecule has 4 rings (SSSR count). The smallest absolute Gasteiger partial charge is 0.257 e. The number of fused-ring (bicyclic) bond motifs is 1. The molecule has 0 bridgehead atoms. The Hall–Kier alpha value is -3.71. The van der Waals surface area contributed by atoms with Crippen molar-refractivity contribution in [3.05, 3.63) is 83.9 Å². The van der Waals surface area contributed by atoms with Crippen LogP contribution in [0.15, 0.2) is 77.2 Å². The van der Waals surface area contributed by atoms with E-state index in [1.54, 1.807) is 18.2 Å². The standard InChI is InChI=1S/C26H25N3O3S/c1-2-3-15-31-21-8-6-7-20(16-21)24(30)29-26(33)27-17-18-11-13-19(14-12-18)25-28-22-9-4-5-10-23(22)32-25/h4-14,16H,2-3,15,17H2,1H3,(H2,27,29,30,33). The molecule has 3 aromatic carbocycles. The lowest BCUT2D eigenvalue weighted by atomic mass is 10.1. The van der Waals surface area contributed by atoms with Gasteiger partial charge >= 0.3 is 0 Å². The Morgan fingerprint density at radius 1 is 1.06 bits per heavy atom. The Kier molecular flexibility index (Phi) is 7.32. The van der Waals surface area contributed by atoms with Crippen LogP contribution in [0.4, 0.5) is 0 Å². The van der Waals surface area contributed by atoms with Gasteiger partial charge in [-0.3, -0.25) is 10.1 Å². The second-order valence-electron chi connectivity index (χ2n) is 7.55. The molecule has 0 saturated heterocycles. The fourth-order valence-electron chi connectivity index (χ4n) is 3.22. The van der Waals surface area contributed by atoms with Crippen molar-refractivity contribution in [2.45, 2.75) is 26.3 Å². The minimum Gasteiger partial charge on any atom is -0.494 e. The third kappa shape index (κ3) is 5.96. The summed E-state index contributed by atoms with van der Waals surface area (Å²) in [4.78, 5) is 17.0. The lowest BCUT2D eigenvalue weighted by Crippen LogP contribution is -2.38. The number of thiocarbonyl (C=S) groups is 1. The highest BCUT2D eigenvalue weighted by atomic mass is 32.1. The number of hydrogen-bond acceptors (Lipinski definition) is 5. The van der Waals surface area contributed by atoms with Crippen LogP contribution >= 0.6 is 12.2 Å². The summed E-state index contributed by atoms with van der Waals surface area (Å²) in [6.45, 7) is 3.22. The van der Waals surface area contributed by atoms with Gasteiger partial charge in [0.05, 0.1) is 6.61 Å². The van der Waals surface area contributed by atoms with Crippen molar-refractivity contribution >= 4 is 34.3 Å². The Balaban J connectivity index is 1.29. The molecule has 2 N–H and O–H groups in total. The van der Waals surface area contributed by atoms with Gasteiger partial charge in [-0.2, -0.15) is 0 Å². The summed E-state index contributed by atoms with van der Waals surface area (Å²) in [5.74, 6) is 0.980. The first-order valence-corrected chi connectivity index (χ1v) is 11.3. The zero-order valence-electron chi connectivity index (χ0n) is 18.3. The van der Waals surface area contributed by atoms with E-state index >= 15 is 0 Å². The Labute approximate surface area is 198 Å². The number of para-hydroxylation sites is 2. The SMILES string of the molecule is CCCCOc1cccc(C(=O)NC(=S)NCc2ccc(-c3nc4ccccc4o3)cc2)c1. The Morgan fingerprint density at radius 3 is 2.67 bits per heavy atom. The molecular formula is C26H25N3O3S. The Bertz CT molecular complexity index is 1220. The normalized spacial score (nSPS) is 10.7. The first-order chi connectivity index (χ1) is 16.1. The molecule has 0 fully saturated rings. The third-order valence-corrected chi connectivity index (χ3v) is 5.28. The molecule has 0 unspecified atom stereocenters. The van der Waals surface area contributed by atoms with Crippen LogP contribution in [-0.2, 0) is 6.54 Å². The lowest BCUT2D eigenvalue weighted by Gasteiger charge is -2.11. The largest absolute Gasteiger partial charge is 0.494 e. The first-order valence-electron chi connectivity index (χ1n) is 10.9. The van der Waals surface area contributed by atoms with Crippen LogP contribution in [0.25, 0.3) is 22.6 Å². The fourth-order valence-corrected chi connectivity index (χ4v) is 3.39. The summed E-state index contributed by atoms with van der Waals surface area (Å²) < 4.78 is 11.5. The molecule has 0 spiro atoms. The average molecular weight is 460 g/mol. The van der Waals surface area contributed by atoms with Crippen LogP contribution in [0.2, 0.25) is 0 Å². The van der Waals surface area contributed by atoms with E-state index in [1.165, 1.54) is 0 Å². The monoisotopic (exact) mass is 459 g/mol. The van der Waals surface area contributed by atoms with E-state index in [0.29, 0.717) is 30.4 Å². The number of unbranched alkanes of at least 4 members (excludes halogenated alkanes) is 1. The summed E-state index contributed by atoms with van der Waals surface area (Å²) in [6.07, 6.45) is 2.03.